The standard InChI is InChI=1S/C55H36N2O2/c1-5-18-37(19-6-1)56(38-20-7-2-8-21-38)41-32-33-50-47(34-41)55(45-28-15-13-26-42(45)43-27-14-16-29-46(43)55)48-35-44-52(36-53(48)58-50)59-51-31-17-30-49(54(44)51)57(39-22-9-3-10-23-39)40-24-11-4-12-25-40/h1-36H. The number of hydrogen-bond donors (Lipinski definition) is 0. The van der Waals surface area contributed by atoms with Crippen LogP contribution < -0.4 is 14.5 Å². The molecular formula is C55H36N2O2. The van der Waals surface area contributed by atoms with Gasteiger partial charge in [-0.05, 0) is 107 Å². The first-order chi connectivity index (χ1) is 29.3. The maximum atomic E-state index is 7.07. The van der Waals surface area contributed by atoms with Crippen molar-refractivity contribution in [3.8, 4) is 22.6 Å². The summed E-state index contributed by atoms with van der Waals surface area (Å²) in [6.07, 6.45) is 0. The third-order valence-electron chi connectivity index (χ3n) is 12.1. The molecule has 0 N–H and O–H groups in total. The fourth-order valence-corrected chi connectivity index (χ4v) is 9.70. The lowest BCUT2D eigenvalue weighted by molar-refractivity contribution is 0.436. The predicted molar refractivity (Wildman–Crippen MR) is 240 cm³/mol. The van der Waals surface area contributed by atoms with Gasteiger partial charge in [0.15, 0.2) is 0 Å². The van der Waals surface area contributed by atoms with Gasteiger partial charge in [0.2, 0.25) is 0 Å². The van der Waals surface area contributed by atoms with E-state index in [2.05, 4.69) is 228 Å². The van der Waals surface area contributed by atoms with Crippen molar-refractivity contribution in [2.24, 2.45) is 0 Å². The van der Waals surface area contributed by atoms with E-state index in [0.717, 1.165) is 78.7 Å². The maximum Gasteiger partial charge on any atom is 0.139 e. The predicted octanol–water partition coefficient (Wildman–Crippen LogP) is 15.0. The molecule has 10 aromatic rings. The Morgan fingerprint density at radius 2 is 0.847 bits per heavy atom. The van der Waals surface area contributed by atoms with E-state index < -0.39 is 5.41 Å². The minimum absolute atomic E-state index is 0.698. The van der Waals surface area contributed by atoms with E-state index >= 15 is 0 Å². The average molecular weight is 757 g/mol. The third-order valence-corrected chi connectivity index (χ3v) is 12.1. The molecule has 1 aromatic heterocycles. The molecule has 0 saturated carbocycles. The van der Waals surface area contributed by atoms with Crippen LogP contribution >= 0.6 is 0 Å². The first kappa shape index (κ1) is 33.3. The molecule has 0 atom stereocenters. The van der Waals surface area contributed by atoms with Crippen LogP contribution in [0.2, 0.25) is 0 Å². The molecule has 2 heterocycles. The molecule has 1 aliphatic carbocycles. The zero-order valence-electron chi connectivity index (χ0n) is 32.0. The van der Waals surface area contributed by atoms with Crippen molar-refractivity contribution in [3.63, 3.8) is 0 Å². The Labute approximate surface area is 342 Å². The third kappa shape index (κ3) is 4.96. The number of anilines is 6. The van der Waals surface area contributed by atoms with Crippen molar-refractivity contribution >= 4 is 56.1 Å². The number of ether oxygens (including phenoxy) is 1. The van der Waals surface area contributed by atoms with E-state index in [4.69, 9.17) is 9.15 Å². The largest absolute Gasteiger partial charge is 0.457 e. The van der Waals surface area contributed by atoms with Crippen LogP contribution in [0.4, 0.5) is 34.1 Å². The Kier molecular flexibility index (Phi) is 7.41. The Hall–Kier alpha value is -7.82. The van der Waals surface area contributed by atoms with Gasteiger partial charge < -0.3 is 19.0 Å². The van der Waals surface area contributed by atoms with Crippen LogP contribution in [0, 0.1) is 0 Å². The number of hydrogen-bond acceptors (Lipinski definition) is 4. The lowest BCUT2D eigenvalue weighted by Gasteiger charge is -2.40. The van der Waals surface area contributed by atoms with Gasteiger partial charge in [-0.15, -0.1) is 0 Å². The molecular weight excluding hydrogens is 721 g/mol. The SMILES string of the molecule is c1ccc(N(c2ccccc2)c2ccc3c(c2)C2(c4cc5c(cc4O3)oc3cccc(N(c4ccccc4)c4ccccc4)c35)c3ccccc3-c3ccccc32)cc1. The molecule has 1 spiro atoms. The number of rotatable bonds is 6. The molecule has 0 radical (unpaired) electrons. The number of fused-ring (bicyclic) bond motifs is 12. The summed E-state index contributed by atoms with van der Waals surface area (Å²) in [6, 6.07) is 77.6. The highest BCUT2D eigenvalue weighted by Crippen LogP contribution is 2.63. The van der Waals surface area contributed by atoms with Crippen LogP contribution in [0.15, 0.2) is 223 Å². The molecule has 278 valence electrons. The summed E-state index contributed by atoms with van der Waals surface area (Å²) in [5.41, 5.74) is 14.4. The first-order valence-corrected chi connectivity index (χ1v) is 20.1. The molecule has 1 aliphatic heterocycles. The summed E-state index contributed by atoms with van der Waals surface area (Å²) in [5.74, 6) is 1.61. The van der Waals surface area contributed by atoms with Crippen LogP contribution in [-0.4, -0.2) is 0 Å². The molecule has 0 amide bonds. The average Bonchev–Trinajstić information content (AvgIpc) is 3.81. The van der Waals surface area contributed by atoms with E-state index in [9.17, 15) is 0 Å². The summed E-state index contributed by atoms with van der Waals surface area (Å²) in [4.78, 5) is 4.66. The second kappa shape index (κ2) is 13.1. The zero-order valence-corrected chi connectivity index (χ0v) is 32.0. The Morgan fingerprint density at radius 1 is 0.339 bits per heavy atom. The second-order valence-electron chi connectivity index (χ2n) is 15.2. The van der Waals surface area contributed by atoms with Crippen LogP contribution in [0.1, 0.15) is 22.3 Å². The van der Waals surface area contributed by atoms with Gasteiger partial charge in [-0.2, -0.15) is 0 Å². The summed E-state index contributed by atoms with van der Waals surface area (Å²) in [7, 11) is 0. The fourth-order valence-electron chi connectivity index (χ4n) is 9.70. The van der Waals surface area contributed by atoms with Crippen molar-refractivity contribution < 1.29 is 9.15 Å². The lowest BCUT2D eigenvalue weighted by atomic mass is 9.65. The van der Waals surface area contributed by atoms with E-state index in [1.54, 1.807) is 0 Å². The van der Waals surface area contributed by atoms with Crippen molar-refractivity contribution in [1.29, 1.82) is 0 Å². The summed E-state index contributed by atoms with van der Waals surface area (Å²) >= 11 is 0. The Balaban J connectivity index is 1.16. The number of nitrogens with zero attached hydrogens (tertiary/aromatic N) is 2. The van der Waals surface area contributed by atoms with Crippen LogP contribution in [-0.2, 0) is 5.41 Å². The first-order valence-electron chi connectivity index (χ1n) is 20.1. The minimum Gasteiger partial charge on any atom is -0.457 e. The summed E-state index contributed by atoms with van der Waals surface area (Å²) in [6.45, 7) is 0. The van der Waals surface area contributed by atoms with Gasteiger partial charge in [-0.1, -0.05) is 127 Å². The van der Waals surface area contributed by atoms with Crippen molar-refractivity contribution in [3.05, 3.63) is 241 Å². The maximum absolute atomic E-state index is 7.07. The van der Waals surface area contributed by atoms with Gasteiger partial charge in [0.1, 0.15) is 22.7 Å². The van der Waals surface area contributed by atoms with Gasteiger partial charge in [0.25, 0.3) is 0 Å². The molecule has 59 heavy (non-hydrogen) atoms. The molecule has 4 nitrogen and oxygen atoms in total. The van der Waals surface area contributed by atoms with Crippen molar-refractivity contribution in [2.45, 2.75) is 5.41 Å². The molecule has 0 bridgehead atoms. The summed E-state index contributed by atoms with van der Waals surface area (Å²) in [5, 5.41) is 2.08. The van der Waals surface area contributed by atoms with Gasteiger partial charge in [-0.25, -0.2) is 0 Å². The monoisotopic (exact) mass is 756 g/mol. The Bertz CT molecular complexity index is 3070. The van der Waals surface area contributed by atoms with Crippen molar-refractivity contribution in [2.75, 3.05) is 9.80 Å². The molecule has 9 aromatic carbocycles. The van der Waals surface area contributed by atoms with Gasteiger partial charge in [-0.3, -0.25) is 0 Å². The lowest BCUT2D eigenvalue weighted by Crippen LogP contribution is -2.32. The molecule has 0 unspecified atom stereocenters. The van der Waals surface area contributed by atoms with E-state index in [1.807, 2.05) is 0 Å². The number of furan rings is 1. The normalized spacial score (nSPS) is 13.0. The Morgan fingerprint density at radius 3 is 1.42 bits per heavy atom. The van der Waals surface area contributed by atoms with Crippen LogP contribution in [0.3, 0.4) is 0 Å². The van der Waals surface area contributed by atoms with Gasteiger partial charge >= 0.3 is 0 Å². The highest BCUT2D eigenvalue weighted by Gasteiger charge is 2.51. The summed E-state index contributed by atoms with van der Waals surface area (Å²) < 4.78 is 13.9. The van der Waals surface area contributed by atoms with Crippen LogP contribution in [0.25, 0.3) is 33.1 Å². The highest BCUT2D eigenvalue weighted by molar-refractivity contribution is 6.14. The highest BCUT2D eigenvalue weighted by atomic mass is 16.5. The smallest absolute Gasteiger partial charge is 0.139 e. The van der Waals surface area contributed by atoms with E-state index in [0.29, 0.717) is 0 Å². The number of benzene rings is 9. The second-order valence-corrected chi connectivity index (χ2v) is 15.2. The van der Waals surface area contributed by atoms with E-state index in [-0.39, 0.29) is 0 Å². The van der Waals surface area contributed by atoms with E-state index in [1.165, 1.54) is 22.3 Å². The van der Waals surface area contributed by atoms with Crippen LogP contribution in [0.5, 0.6) is 11.5 Å². The van der Waals surface area contributed by atoms with Gasteiger partial charge in [0, 0.05) is 51.0 Å². The fraction of sp³-hybridized carbons (Fsp3) is 0.0182. The minimum atomic E-state index is -0.698. The zero-order chi connectivity index (χ0) is 38.9. The molecule has 0 fully saturated rings. The molecule has 0 saturated heterocycles. The molecule has 4 heteroatoms. The van der Waals surface area contributed by atoms with Crippen molar-refractivity contribution in [1.82, 2.24) is 0 Å². The molecule has 2 aliphatic rings. The number of para-hydroxylation sites is 4. The molecule has 12 rings (SSSR count). The topological polar surface area (TPSA) is 28.9 Å². The quantitative estimate of drug-likeness (QED) is 0.169. The van der Waals surface area contributed by atoms with Gasteiger partial charge in [0.05, 0.1) is 16.5 Å².